The maximum absolute atomic E-state index is 12.5. The van der Waals surface area contributed by atoms with Crippen molar-refractivity contribution in [3.05, 3.63) is 0 Å². The van der Waals surface area contributed by atoms with E-state index < -0.39 is 12.0 Å². The van der Waals surface area contributed by atoms with Crippen LogP contribution in [0.2, 0.25) is 0 Å². The van der Waals surface area contributed by atoms with E-state index in [1.54, 1.807) is 6.92 Å². The van der Waals surface area contributed by atoms with E-state index in [9.17, 15) is 8.78 Å². The number of halogens is 3. The molecule has 62 valence electrons. The second kappa shape index (κ2) is 3.49. The van der Waals surface area contributed by atoms with E-state index >= 15 is 0 Å². The van der Waals surface area contributed by atoms with E-state index in [-0.39, 0.29) is 18.8 Å². The molecule has 0 aromatic rings. The molecule has 0 bridgehead atoms. The molecule has 0 saturated carbocycles. The fourth-order valence-electron chi connectivity index (χ4n) is 1.18. The Morgan fingerprint density at radius 3 is 2.40 bits per heavy atom. The monoisotopic (exact) mass is 171 g/mol. The van der Waals surface area contributed by atoms with Crippen LogP contribution in [0.3, 0.4) is 0 Å². The second-order valence-corrected chi connectivity index (χ2v) is 2.43. The van der Waals surface area contributed by atoms with Crippen molar-refractivity contribution >= 4 is 12.4 Å². The minimum Gasteiger partial charge on any atom is -0.308 e. The number of hydrogen-bond acceptors (Lipinski definition) is 1. The summed E-state index contributed by atoms with van der Waals surface area (Å²) in [6, 6.07) is -0.572. The molecule has 1 heterocycles. The zero-order valence-corrected chi connectivity index (χ0v) is 6.68. The predicted molar refractivity (Wildman–Crippen MR) is 38.9 cm³/mol. The maximum atomic E-state index is 12.5. The van der Waals surface area contributed by atoms with Crippen LogP contribution >= 0.6 is 12.4 Å². The smallest absolute Gasteiger partial charge is 0.264 e. The number of rotatable bonds is 1. The first-order chi connectivity index (χ1) is 4.17. The summed E-state index contributed by atoms with van der Waals surface area (Å²) in [7, 11) is 0. The molecule has 10 heavy (non-hydrogen) atoms. The summed E-state index contributed by atoms with van der Waals surface area (Å²) >= 11 is 0. The normalized spacial score (nSPS) is 29.7. The summed E-state index contributed by atoms with van der Waals surface area (Å²) in [5.41, 5.74) is 0. The molecule has 1 aliphatic heterocycles. The van der Waals surface area contributed by atoms with E-state index in [1.807, 2.05) is 0 Å². The molecular weight excluding hydrogens is 160 g/mol. The average Bonchev–Trinajstić information content (AvgIpc) is 2.08. The van der Waals surface area contributed by atoms with Crippen LogP contribution in [0.5, 0.6) is 0 Å². The molecule has 0 aromatic carbocycles. The molecule has 1 N–H and O–H groups in total. The Hall–Kier alpha value is 0.110. The molecular formula is C6H12ClF2N. The maximum Gasteiger partial charge on any atom is 0.264 e. The highest BCUT2D eigenvalue weighted by molar-refractivity contribution is 5.85. The van der Waals surface area contributed by atoms with Gasteiger partial charge in [0, 0.05) is 13.0 Å². The molecule has 1 saturated heterocycles. The fourth-order valence-corrected chi connectivity index (χ4v) is 1.18. The van der Waals surface area contributed by atoms with Gasteiger partial charge in [0.15, 0.2) is 0 Å². The highest BCUT2D eigenvalue weighted by Crippen LogP contribution is 2.28. The quantitative estimate of drug-likeness (QED) is 0.635. The van der Waals surface area contributed by atoms with Crippen LogP contribution < -0.4 is 5.32 Å². The van der Waals surface area contributed by atoms with Gasteiger partial charge in [0.1, 0.15) is 0 Å². The SMILES string of the molecule is CCC1NCCC1(F)F.Cl. The van der Waals surface area contributed by atoms with Crippen LogP contribution in [0.1, 0.15) is 19.8 Å². The lowest BCUT2D eigenvalue weighted by Crippen LogP contribution is -2.34. The molecule has 1 nitrogen and oxygen atoms in total. The van der Waals surface area contributed by atoms with Gasteiger partial charge in [0.2, 0.25) is 0 Å². The van der Waals surface area contributed by atoms with Crippen LogP contribution in [0.4, 0.5) is 8.78 Å². The molecule has 1 aliphatic rings. The van der Waals surface area contributed by atoms with E-state index in [2.05, 4.69) is 5.32 Å². The summed E-state index contributed by atoms with van der Waals surface area (Å²) in [5.74, 6) is -2.45. The Labute approximate surface area is 65.6 Å². The van der Waals surface area contributed by atoms with Crippen molar-refractivity contribution in [3.63, 3.8) is 0 Å². The zero-order chi connectivity index (χ0) is 6.91. The van der Waals surface area contributed by atoms with Gasteiger partial charge in [-0.3, -0.25) is 0 Å². The van der Waals surface area contributed by atoms with Crippen LogP contribution in [-0.4, -0.2) is 18.5 Å². The van der Waals surface area contributed by atoms with Gasteiger partial charge in [-0.25, -0.2) is 8.78 Å². The Balaban J connectivity index is 0.000000810. The van der Waals surface area contributed by atoms with E-state index in [0.717, 1.165) is 0 Å². The van der Waals surface area contributed by atoms with Crippen LogP contribution in [0.15, 0.2) is 0 Å². The molecule has 0 radical (unpaired) electrons. The van der Waals surface area contributed by atoms with Gasteiger partial charge in [0.05, 0.1) is 6.04 Å². The third kappa shape index (κ3) is 1.80. The summed E-state index contributed by atoms with van der Waals surface area (Å²) < 4.78 is 25.1. The van der Waals surface area contributed by atoms with E-state index in [4.69, 9.17) is 0 Å². The van der Waals surface area contributed by atoms with Gasteiger partial charge in [-0.05, 0) is 6.42 Å². The zero-order valence-electron chi connectivity index (χ0n) is 5.86. The predicted octanol–water partition coefficient (Wildman–Crippen LogP) is 1.82. The molecule has 4 heteroatoms. The average molecular weight is 172 g/mol. The molecule has 1 rings (SSSR count). The van der Waals surface area contributed by atoms with Gasteiger partial charge in [0.25, 0.3) is 5.92 Å². The Morgan fingerprint density at radius 1 is 1.60 bits per heavy atom. The van der Waals surface area contributed by atoms with Crippen LogP contribution in [0, 0.1) is 0 Å². The van der Waals surface area contributed by atoms with Gasteiger partial charge >= 0.3 is 0 Å². The topological polar surface area (TPSA) is 12.0 Å². The lowest BCUT2D eigenvalue weighted by Gasteiger charge is -2.15. The molecule has 1 unspecified atom stereocenters. The molecule has 0 aliphatic carbocycles. The lowest BCUT2D eigenvalue weighted by atomic mass is 10.1. The van der Waals surface area contributed by atoms with Crippen molar-refractivity contribution in [2.75, 3.05) is 6.54 Å². The summed E-state index contributed by atoms with van der Waals surface area (Å²) in [5, 5.41) is 2.75. The van der Waals surface area contributed by atoms with Crippen LogP contribution in [-0.2, 0) is 0 Å². The van der Waals surface area contributed by atoms with Crippen molar-refractivity contribution in [2.24, 2.45) is 0 Å². The summed E-state index contributed by atoms with van der Waals surface area (Å²) in [6.07, 6.45) is 0.526. The van der Waals surface area contributed by atoms with Crippen molar-refractivity contribution in [1.29, 1.82) is 0 Å². The van der Waals surface area contributed by atoms with Gasteiger partial charge in [-0.1, -0.05) is 6.92 Å². The van der Waals surface area contributed by atoms with E-state index in [0.29, 0.717) is 13.0 Å². The summed E-state index contributed by atoms with van der Waals surface area (Å²) in [6.45, 7) is 2.24. The molecule has 0 spiro atoms. The highest BCUT2D eigenvalue weighted by atomic mass is 35.5. The van der Waals surface area contributed by atoms with Gasteiger partial charge in [-0.15, -0.1) is 12.4 Å². The fraction of sp³-hybridized carbons (Fsp3) is 1.00. The Bertz CT molecular complexity index is 108. The van der Waals surface area contributed by atoms with Gasteiger partial charge in [-0.2, -0.15) is 0 Å². The van der Waals surface area contributed by atoms with Crippen molar-refractivity contribution < 1.29 is 8.78 Å². The van der Waals surface area contributed by atoms with Crippen molar-refractivity contribution in [2.45, 2.75) is 31.7 Å². The van der Waals surface area contributed by atoms with Crippen molar-refractivity contribution in [3.8, 4) is 0 Å². The molecule has 0 amide bonds. The number of alkyl halides is 2. The highest BCUT2D eigenvalue weighted by Gasteiger charge is 2.42. The Kier molecular flexibility index (Phi) is 3.52. The minimum absolute atomic E-state index is 0. The third-order valence-corrected chi connectivity index (χ3v) is 1.77. The summed E-state index contributed by atoms with van der Waals surface area (Å²) in [4.78, 5) is 0. The number of hydrogen-bond donors (Lipinski definition) is 1. The largest absolute Gasteiger partial charge is 0.308 e. The Morgan fingerprint density at radius 2 is 2.20 bits per heavy atom. The van der Waals surface area contributed by atoms with Crippen molar-refractivity contribution in [1.82, 2.24) is 5.32 Å². The minimum atomic E-state index is -2.45. The standard InChI is InChI=1S/C6H11F2N.ClH/c1-2-5-6(7,8)3-4-9-5;/h5,9H,2-4H2,1H3;1H. The third-order valence-electron chi connectivity index (χ3n) is 1.77. The first-order valence-electron chi connectivity index (χ1n) is 3.28. The molecule has 1 atom stereocenters. The van der Waals surface area contributed by atoms with Crippen LogP contribution in [0.25, 0.3) is 0 Å². The number of nitrogens with one attached hydrogen (secondary N) is 1. The first-order valence-corrected chi connectivity index (χ1v) is 3.28. The van der Waals surface area contributed by atoms with E-state index in [1.165, 1.54) is 0 Å². The van der Waals surface area contributed by atoms with Gasteiger partial charge < -0.3 is 5.32 Å². The molecule has 0 aromatic heterocycles. The lowest BCUT2D eigenvalue weighted by molar-refractivity contribution is -0.0117. The first kappa shape index (κ1) is 10.1. The second-order valence-electron chi connectivity index (χ2n) is 2.43. The molecule has 1 fully saturated rings.